The van der Waals surface area contributed by atoms with Crippen LogP contribution in [0.2, 0.25) is 0 Å². The van der Waals surface area contributed by atoms with Crippen LogP contribution in [-0.2, 0) is 36.5 Å². The summed E-state index contributed by atoms with van der Waals surface area (Å²) >= 11 is 3.65. The normalized spacial score (nSPS) is 43.8. The molecule has 0 N–H and O–H groups in total. The maximum absolute atomic E-state index is 15.5. The van der Waals surface area contributed by atoms with E-state index < -0.39 is 20.2 Å². The molecule has 0 aromatic heterocycles. The number of rotatable bonds is 7. The molecule has 2 aromatic carbocycles. The van der Waals surface area contributed by atoms with Crippen molar-refractivity contribution in [2.24, 2.45) is 53.3 Å². The van der Waals surface area contributed by atoms with Crippen molar-refractivity contribution >= 4 is 65.4 Å². The molecule has 2 aromatic rings. The van der Waals surface area contributed by atoms with E-state index in [1.807, 2.05) is 45.2 Å². The lowest BCUT2D eigenvalue weighted by molar-refractivity contribution is -0.0138. The monoisotopic (exact) mass is 967 g/mol. The Kier molecular flexibility index (Phi) is 7.74. The van der Waals surface area contributed by atoms with Crippen molar-refractivity contribution < 1.29 is 25.6 Å². The Labute approximate surface area is 336 Å². The van der Waals surface area contributed by atoms with Crippen LogP contribution in [0.4, 0.5) is 0 Å². The average molecular weight is 968 g/mol. The zero-order chi connectivity index (χ0) is 35.6. The Balaban J connectivity index is 1.15. The summed E-state index contributed by atoms with van der Waals surface area (Å²) in [7, 11) is -9.09. The fraction of sp³-hybridized carbons (Fsp3) is 0.714. The molecule has 12 aliphatic carbocycles. The van der Waals surface area contributed by atoms with Crippen molar-refractivity contribution in [1.29, 1.82) is 0 Å². The highest BCUT2D eigenvalue weighted by atomic mass is 127. The molecule has 0 atom stereocenters. The van der Waals surface area contributed by atoms with Gasteiger partial charge in [-0.05, 0) is 259 Å². The second-order valence-corrected chi connectivity index (χ2v) is 25.3. The number of benzene rings is 2. The lowest BCUT2D eigenvalue weighted by atomic mass is 9.45. The van der Waals surface area contributed by atoms with Gasteiger partial charge in [0.2, 0.25) is 0 Å². The summed E-state index contributed by atoms with van der Waals surface area (Å²) in [5.74, 6) is 6.48. The van der Waals surface area contributed by atoms with Gasteiger partial charge in [-0.2, -0.15) is 8.42 Å². The number of hydrogen-bond donors (Lipinski definition) is 0. The molecule has 0 saturated heterocycles. The van der Waals surface area contributed by atoms with Crippen LogP contribution in [0.15, 0.2) is 34.1 Å². The topological polar surface area (TPSA) is 101 Å². The van der Waals surface area contributed by atoms with Crippen LogP contribution in [0.5, 0.6) is 5.75 Å². The van der Waals surface area contributed by atoms with E-state index in [1.54, 1.807) is 0 Å². The highest BCUT2D eigenvalue weighted by Crippen LogP contribution is 2.67. The van der Waals surface area contributed by atoms with Crippen LogP contribution in [0.3, 0.4) is 0 Å². The summed E-state index contributed by atoms with van der Waals surface area (Å²) in [5.41, 5.74) is 3.50. The fourth-order valence-electron chi connectivity index (χ4n) is 16.3. The van der Waals surface area contributed by atoms with Crippen LogP contribution in [0.25, 0.3) is 0 Å². The zero-order valence-corrected chi connectivity index (χ0v) is 35.7. The summed E-state index contributed by atoms with van der Waals surface area (Å²) < 4.78 is 74.0. The number of hydrogen-bond acceptors (Lipinski definition) is 6. The van der Waals surface area contributed by atoms with Crippen molar-refractivity contribution in [3.05, 3.63) is 48.1 Å². The molecule has 10 heteroatoms. The smallest absolute Gasteiger partial charge is 0.339 e. The van der Waals surface area contributed by atoms with Gasteiger partial charge in [-0.25, -0.2) is 8.42 Å². The molecule has 0 amide bonds. The quantitative estimate of drug-likeness (QED) is 0.156. The van der Waals surface area contributed by atoms with Gasteiger partial charge in [0.1, 0.15) is 20.8 Å². The van der Waals surface area contributed by atoms with Gasteiger partial charge in [-0.15, -0.1) is 0 Å². The zero-order valence-electron chi connectivity index (χ0n) is 29.8. The van der Waals surface area contributed by atoms with Crippen molar-refractivity contribution in [1.82, 2.24) is 0 Å². The van der Waals surface area contributed by atoms with Gasteiger partial charge in [0.05, 0.1) is 4.90 Å². The molecular weight excluding hydrogens is 918 g/mol. The Morgan fingerprint density at radius 2 is 0.808 bits per heavy atom. The molecule has 6 nitrogen and oxygen atoms in total. The minimum Gasteiger partial charge on any atom is -0.744 e. The van der Waals surface area contributed by atoms with Gasteiger partial charge in [-0.1, -0.05) is 12.1 Å². The molecule has 0 radical (unpaired) electrons. The highest BCUT2D eigenvalue weighted by molar-refractivity contribution is 14.1. The van der Waals surface area contributed by atoms with E-state index in [-0.39, 0.29) is 34.0 Å². The molecule has 12 bridgehead atoms. The van der Waals surface area contributed by atoms with E-state index >= 15 is 8.42 Å². The predicted molar refractivity (Wildman–Crippen MR) is 214 cm³/mol. The molecule has 52 heavy (non-hydrogen) atoms. The van der Waals surface area contributed by atoms with E-state index in [1.165, 1.54) is 94.7 Å². The maximum Gasteiger partial charge on any atom is 0.339 e. The lowest BCUT2D eigenvalue weighted by Crippen LogP contribution is -2.52. The minimum atomic E-state index is -4.74. The Morgan fingerprint density at radius 1 is 0.500 bits per heavy atom. The third kappa shape index (κ3) is 5.37. The number of halogens is 2. The van der Waals surface area contributed by atoms with Crippen LogP contribution < -0.4 is 4.18 Å². The van der Waals surface area contributed by atoms with E-state index in [0.29, 0.717) is 40.4 Å². The molecule has 0 heterocycles. The van der Waals surface area contributed by atoms with Crippen LogP contribution in [0, 0.1) is 60.4 Å². The standard InChI is InChI=1S/C42H50I2O6S2/c43-36-12-33(13-37(44)39(36)51(45,46)47)50-52(48,49)38-34(41-17-26-4-27(18-41)6-28(5-26)19-41)10-32(40-14-23-1-24(15-40)3-25(2-23)16-40)11-35(38)42-20-29-7-30(21-42)9-31(8-29)22-42/h10-13,23-31H,1-9,14-22H2,(H,45,46,47)/p-1. The first-order chi connectivity index (χ1) is 24.7. The van der Waals surface area contributed by atoms with Crippen molar-refractivity contribution in [2.75, 3.05) is 0 Å². The first-order valence-corrected chi connectivity index (χ1v) is 25.2. The van der Waals surface area contributed by atoms with Gasteiger partial charge in [0.25, 0.3) is 0 Å². The third-order valence-corrected chi connectivity index (χ3v) is 21.4. The van der Waals surface area contributed by atoms with E-state index in [2.05, 4.69) is 12.1 Å². The molecule has 12 saturated carbocycles. The Morgan fingerprint density at radius 3 is 1.12 bits per heavy atom. The summed E-state index contributed by atoms with van der Waals surface area (Å²) in [6.07, 6.45) is 22.2. The molecule has 280 valence electrons. The molecular formula is C42H49I2O6S2-. The summed E-state index contributed by atoms with van der Waals surface area (Å²) in [4.78, 5) is 0.164. The molecule has 14 rings (SSSR count). The van der Waals surface area contributed by atoms with Gasteiger partial charge >= 0.3 is 10.1 Å². The minimum absolute atomic E-state index is 0.0827. The van der Waals surface area contributed by atoms with Gasteiger partial charge in [0.15, 0.2) is 0 Å². The van der Waals surface area contributed by atoms with E-state index in [9.17, 15) is 13.0 Å². The van der Waals surface area contributed by atoms with Gasteiger partial charge in [0, 0.05) is 7.14 Å². The molecule has 12 aliphatic rings. The third-order valence-electron chi connectivity index (χ3n) is 16.6. The van der Waals surface area contributed by atoms with E-state index in [4.69, 9.17) is 4.18 Å². The van der Waals surface area contributed by atoms with Crippen molar-refractivity contribution in [3.63, 3.8) is 0 Å². The first kappa shape index (κ1) is 34.8. The summed E-state index contributed by atoms with van der Waals surface area (Å²) in [6, 6.07) is 7.79. The van der Waals surface area contributed by atoms with Crippen LogP contribution >= 0.6 is 45.2 Å². The largest absolute Gasteiger partial charge is 0.744 e. The van der Waals surface area contributed by atoms with Crippen LogP contribution in [-0.4, -0.2) is 21.4 Å². The summed E-state index contributed by atoms with van der Waals surface area (Å²) in [5, 5.41) is 0. The molecule has 12 fully saturated rings. The SMILES string of the molecule is O=S(=O)([O-])c1c(I)cc(OS(=O)(=O)c2c(C34CC5CC(CC(C5)C3)C4)cc(C34CC5CC(CC(C5)C3)C4)cc2C23CC4CC(CC(C4)C2)C3)cc1I. The average Bonchev–Trinajstić information content (AvgIpc) is 3.01. The maximum atomic E-state index is 15.5. The van der Waals surface area contributed by atoms with Crippen molar-refractivity contribution in [3.8, 4) is 5.75 Å². The second kappa shape index (κ2) is 11.6. The van der Waals surface area contributed by atoms with E-state index in [0.717, 1.165) is 67.4 Å². The van der Waals surface area contributed by atoms with Gasteiger partial charge < -0.3 is 8.74 Å². The summed E-state index contributed by atoms with van der Waals surface area (Å²) in [6.45, 7) is 0. The Hall–Kier alpha value is -0.440. The first-order valence-electron chi connectivity index (χ1n) is 20.3. The highest BCUT2D eigenvalue weighted by Gasteiger charge is 2.59. The molecule has 0 unspecified atom stereocenters. The predicted octanol–water partition coefficient (Wildman–Crippen LogP) is 9.97. The Bertz CT molecular complexity index is 1910. The second-order valence-electron chi connectivity index (χ2n) is 20.2. The van der Waals surface area contributed by atoms with Gasteiger partial charge in [-0.3, -0.25) is 0 Å². The molecule has 0 spiro atoms. The lowest BCUT2D eigenvalue weighted by Gasteiger charge is -2.60. The fourth-order valence-corrected chi connectivity index (χ4v) is 21.8. The van der Waals surface area contributed by atoms with Crippen molar-refractivity contribution in [2.45, 2.75) is 142 Å². The molecule has 0 aliphatic heterocycles. The van der Waals surface area contributed by atoms with Crippen LogP contribution in [0.1, 0.15) is 132 Å².